The number of anilines is 1. The highest BCUT2D eigenvalue weighted by atomic mass is 15.1. The van der Waals surface area contributed by atoms with Gasteiger partial charge in [0.1, 0.15) is 11.3 Å². The molecule has 3 rings (SSSR count). The number of rotatable bonds is 2. The Balaban J connectivity index is 2.02. The van der Waals surface area contributed by atoms with Crippen molar-refractivity contribution in [2.24, 2.45) is 7.05 Å². The molecule has 4 heteroatoms. The van der Waals surface area contributed by atoms with Crippen molar-refractivity contribution in [3.05, 3.63) is 54.1 Å². The van der Waals surface area contributed by atoms with Gasteiger partial charge in [0.15, 0.2) is 0 Å². The lowest BCUT2D eigenvalue weighted by atomic mass is 10.1. The van der Waals surface area contributed by atoms with Crippen molar-refractivity contribution in [3.8, 4) is 0 Å². The highest BCUT2D eigenvalue weighted by molar-refractivity contribution is 5.74. The zero-order chi connectivity index (χ0) is 12.5. The topological polar surface area (TPSA) is 56.7 Å². The summed E-state index contributed by atoms with van der Waals surface area (Å²) >= 11 is 0. The summed E-state index contributed by atoms with van der Waals surface area (Å²) in [6.45, 7) is 0. The van der Waals surface area contributed by atoms with Crippen LogP contribution >= 0.6 is 0 Å². The van der Waals surface area contributed by atoms with E-state index in [-0.39, 0.29) is 0 Å². The molecule has 2 N–H and O–H groups in total. The highest BCUT2D eigenvalue weighted by Crippen LogP contribution is 2.17. The first kappa shape index (κ1) is 10.8. The lowest BCUT2D eigenvalue weighted by Gasteiger charge is -2.03. The van der Waals surface area contributed by atoms with E-state index in [1.54, 1.807) is 12.4 Å². The molecular formula is C14H14N4. The van der Waals surface area contributed by atoms with E-state index in [0.29, 0.717) is 0 Å². The van der Waals surface area contributed by atoms with Crippen molar-refractivity contribution < 1.29 is 0 Å². The van der Waals surface area contributed by atoms with E-state index < -0.39 is 0 Å². The molecule has 2 aromatic heterocycles. The van der Waals surface area contributed by atoms with Crippen molar-refractivity contribution in [2.45, 2.75) is 6.42 Å². The minimum Gasteiger partial charge on any atom is -0.399 e. The molecule has 2 heterocycles. The second-order valence-corrected chi connectivity index (χ2v) is 4.37. The third-order valence-corrected chi connectivity index (χ3v) is 3.09. The van der Waals surface area contributed by atoms with Crippen LogP contribution in [0.15, 0.2) is 42.7 Å². The van der Waals surface area contributed by atoms with Crippen LogP contribution in [0, 0.1) is 0 Å². The molecule has 90 valence electrons. The monoisotopic (exact) mass is 238 g/mol. The number of nitrogens with zero attached hydrogens (tertiary/aromatic N) is 3. The van der Waals surface area contributed by atoms with Crippen LogP contribution in [-0.2, 0) is 13.5 Å². The molecule has 0 saturated carbocycles. The largest absolute Gasteiger partial charge is 0.399 e. The van der Waals surface area contributed by atoms with Gasteiger partial charge in [0.25, 0.3) is 0 Å². The van der Waals surface area contributed by atoms with Crippen LogP contribution in [0.2, 0.25) is 0 Å². The van der Waals surface area contributed by atoms with Crippen molar-refractivity contribution in [1.82, 2.24) is 14.5 Å². The molecule has 0 radical (unpaired) electrons. The minimum absolute atomic E-state index is 0.774. The predicted molar refractivity (Wildman–Crippen MR) is 72.2 cm³/mol. The molecule has 0 unspecified atom stereocenters. The molecule has 0 spiro atoms. The summed E-state index contributed by atoms with van der Waals surface area (Å²) in [6.07, 6.45) is 4.35. The lowest BCUT2D eigenvalue weighted by molar-refractivity contribution is 0.845. The first-order valence-electron chi connectivity index (χ1n) is 5.84. The third-order valence-electron chi connectivity index (χ3n) is 3.09. The summed E-state index contributed by atoms with van der Waals surface area (Å²) in [6, 6.07) is 9.88. The van der Waals surface area contributed by atoms with Gasteiger partial charge in [-0.25, -0.2) is 4.98 Å². The zero-order valence-electron chi connectivity index (χ0n) is 10.2. The molecule has 0 atom stereocenters. The van der Waals surface area contributed by atoms with E-state index in [2.05, 4.69) is 20.6 Å². The molecule has 0 amide bonds. The van der Waals surface area contributed by atoms with Gasteiger partial charge >= 0.3 is 0 Å². The predicted octanol–water partition coefficient (Wildman–Crippen LogP) is 2.14. The van der Waals surface area contributed by atoms with E-state index in [4.69, 9.17) is 5.73 Å². The number of aryl methyl sites for hydroxylation is 1. The van der Waals surface area contributed by atoms with E-state index in [9.17, 15) is 0 Å². The summed E-state index contributed by atoms with van der Waals surface area (Å²) in [7, 11) is 2.02. The van der Waals surface area contributed by atoms with Crippen LogP contribution in [0.25, 0.3) is 11.0 Å². The second-order valence-electron chi connectivity index (χ2n) is 4.37. The van der Waals surface area contributed by atoms with E-state index in [0.717, 1.165) is 29.0 Å². The Morgan fingerprint density at radius 2 is 2.17 bits per heavy atom. The normalized spacial score (nSPS) is 10.9. The van der Waals surface area contributed by atoms with Gasteiger partial charge in [-0.1, -0.05) is 12.1 Å². The van der Waals surface area contributed by atoms with E-state index in [1.807, 2.05) is 31.3 Å². The molecule has 0 fully saturated rings. The van der Waals surface area contributed by atoms with Gasteiger partial charge < -0.3 is 10.3 Å². The Morgan fingerprint density at radius 3 is 2.94 bits per heavy atom. The zero-order valence-corrected chi connectivity index (χ0v) is 10.2. The van der Waals surface area contributed by atoms with E-state index >= 15 is 0 Å². The Morgan fingerprint density at radius 1 is 1.28 bits per heavy atom. The number of nitrogens with two attached hydrogens (primary N) is 1. The first-order chi connectivity index (χ1) is 8.74. The van der Waals surface area contributed by atoms with Crippen LogP contribution in [0.5, 0.6) is 0 Å². The summed E-state index contributed by atoms with van der Waals surface area (Å²) < 4.78 is 2.10. The average Bonchev–Trinajstić information content (AvgIpc) is 2.67. The van der Waals surface area contributed by atoms with Gasteiger partial charge in [-0.15, -0.1) is 0 Å². The summed E-state index contributed by atoms with van der Waals surface area (Å²) in [5, 5.41) is 0. The maximum absolute atomic E-state index is 5.79. The SMILES string of the molecule is Cn1c(Cc2cccc(N)c2)nc2cnccc21. The Kier molecular flexibility index (Phi) is 2.48. The van der Waals surface area contributed by atoms with Crippen molar-refractivity contribution in [1.29, 1.82) is 0 Å². The summed E-state index contributed by atoms with van der Waals surface area (Å²) in [4.78, 5) is 8.69. The Bertz CT molecular complexity index is 700. The van der Waals surface area contributed by atoms with Crippen LogP contribution in [0.4, 0.5) is 5.69 Å². The molecule has 4 nitrogen and oxygen atoms in total. The Labute approximate surface area is 105 Å². The van der Waals surface area contributed by atoms with Gasteiger partial charge in [-0.2, -0.15) is 0 Å². The van der Waals surface area contributed by atoms with Gasteiger partial charge in [0.2, 0.25) is 0 Å². The second kappa shape index (κ2) is 4.14. The highest BCUT2D eigenvalue weighted by Gasteiger charge is 2.08. The number of fused-ring (bicyclic) bond motifs is 1. The maximum atomic E-state index is 5.79. The number of benzene rings is 1. The van der Waals surface area contributed by atoms with Gasteiger partial charge in [0, 0.05) is 25.4 Å². The molecule has 0 aliphatic heterocycles. The fourth-order valence-electron chi connectivity index (χ4n) is 2.15. The molecular weight excluding hydrogens is 224 g/mol. The fourth-order valence-corrected chi connectivity index (χ4v) is 2.15. The third kappa shape index (κ3) is 1.82. The lowest BCUT2D eigenvalue weighted by Crippen LogP contribution is -1.99. The smallest absolute Gasteiger partial charge is 0.114 e. The Hall–Kier alpha value is -2.36. The molecule has 3 aromatic rings. The molecule has 0 aliphatic rings. The molecule has 0 bridgehead atoms. The van der Waals surface area contributed by atoms with E-state index in [1.165, 1.54) is 5.56 Å². The standard InChI is InChI=1S/C14H14N4/c1-18-13-5-6-16-9-12(13)17-14(18)8-10-3-2-4-11(15)7-10/h2-7,9H,8,15H2,1H3. The van der Waals surface area contributed by atoms with Crippen LogP contribution in [0.1, 0.15) is 11.4 Å². The molecule has 1 aromatic carbocycles. The molecule has 18 heavy (non-hydrogen) atoms. The number of hydrogen-bond acceptors (Lipinski definition) is 3. The number of imidazole rings is 1. The van der Waals surface area contributed by atoms with Gasteiger partial charge in [0.05, 0.1) is 11.7 Å². The van der Waals surface area contributed by atoms with Crippen molar-refractivity contribution in [3.63, 3.8) is 0 Å². The first-order valence-corrected chi connectivity index (χ1v) is 5.84. The van der Waals surface area contributed by atoms with Crippen LogP contribution in [0.3, 0.4) is 0 Å². The number of nitrogen functional groups attached to an aromatic ring is 1. The molecule has 0 saturated heterocycles. The average molecular weight is 238 g/mol. The summed E-state index contributed by atoms with van der Waals surface area (Å²) in [5.74, 6) is 1.02. The van der Waals surface area contributed by atoms with Crippen molar-refractivity contribution in [2.75, 3.05) is 5.73 Å². The van der Waals surface area contributed by atoms with Crippen LogP contribution < -0.4 is 5.73 Å². The number of aromatic nitrogens is 3. The maximum Gasteiger partial charge on any atom is 0.114 e. The quantitative estimate of drug-likeness (QED) is 0.696. The van der Waals surface area contributed by atoms with Crippen molar-refractivity contribution >= 4 is 16.7 Å². The summed E-state index contributed by atoms with van der Waals surface area (Å²) in [5.41, 5.74) is 9.77. The number of pyridine rings is 1. The fraction of sp³-hybridized carbons (Fsp3) is 0.143. The van der Waals surface area contributed by atoms with Gasteiger partial charge in [-0.3, -0.25) is 4.98 Å². The number of hydrogen-bond donors (Lipinski definition) is 1. The minimum atomic E-state index is 0.774. The van der Waals surface area contributed by atoms with Crippen LogP contribution in [-0.4, -0.2) is 14.5 Å². The molecule has 0 aliphatic carbocycles. The van der Waals surface area contributed by atoms with Gasteiger partial charge in [-0.05, 0) is 23.8 Å².